The van der Waals surface area contributed by atoms with Gasteiger partial charge in [0.15, 0.2) is 16.3 Å². The fourth-order valence-electron chi connectivity index (χ4n) is 3.74. The van der Waals surface area contributed by atoms with Crippen molar-refractivity contribution in [3.8, 4) is 11.5 Å². The van der Waals surface area contributed by atoms with Crippen LogP contribution in [0.25, 0.3) is 6.08 Å². The van der Waals surface area contributed by atoms with Crippen LogP contribution in [0.5, 0.6) is 11.5 Å². The lowest BCUT2D eigenvalue weighted by molar-refractivity contribution is -0.136. The minimum absolute atomic E-state index is 0.255. The van der Waals surface area contributed by atoms with Gasteiger partial charge in [0.25, 0.3) is 5.56 Å². The molecule has 0 radical (unpaired) electrons. The van der Waals surface area contributed by atoms with E-state index in [2.05, 4.69) is 4.99 Å². The number of halogens is 1. The average molecular weight is 469 g/mol. The number of hydrogen-bond acceptors (Lipinski definition) is 7. The van der Waals surface area contributed by atoms with Gasteiger partial charge in [-0.1, -0.05) is 29.5 Å². The number of carbonyl (C=O) groups is 1. The number of carbonyl (C=O) groups excluding carboxylic acids is 1. The summed E-state index contributed by atoms with van der Waals surface area (Å²) in [5, 5.41) is 0. The van der Waals surface area contributed by atoms with Crippen molar-refractivity contribution in [3.63, 3.8) is 0 Å². The first kappa shape index (κ1) is 22.5. The number of ether oxygens (including phenoxy) is 3. The van der Waals surface area contributed by atoms with Crippen molar-refractivity contribution in [3.05, 3.63) is 90.4 Å². The Morgan fingerprint density at radius 3 is 2.42 bits per heavy atom. The van der Waals surface area contributed by atoms with Gasteiger partial charge >= 0.3 is 5.97 Å². The summed E-state index contributed by atoms with van der Waals surface area (Å²) in [6.07, 6.45) is 1.67. The maximum Gasteiger partial charge on any atom is 0.338 e. The molecule has 33 heavy (non-hydrogen) atoms. The van der Waals surface area contributed by atoms with Crippen molar-refractivity contribution in [2.24, 2.45) is 4.99 Å². The second-order valence-corrected chi connectivity index (χ2v) is 8.25. The lowest BCUT2D eigenvalue weighted by Gasteiger charge is -2.25. The quantitative estimate of drug-likeness (QED) is 0.538. The molecule has 0 saturated heterocycles. The van der Waals surface area contributed by atoms with Crippen LogP contribution in [-0.2, 0) is 9.53 Å². The SMILES string of the molecule is COC(=O)C1=C(C)N=c2sc(=Cc3ccc(F)cc3)c(=O)n2C1c1ccc(OC)c(OC)c1. The van der Waals surface area contributed by atoms with Crippen LogP contribution in [0.3, 0.4) is 0 Å². The van der Waals surface area contributed by atoms with E-state index in [0.29, 0.717) is 37.7 Å². The number of fused-ring (bicyclic) bond motifs is 1. The third-order valence-corrected chi connectivity index (χ3v) is 6.30. The van der Waals surface area contributed by atoms with Gasteiger partial charge < -0.3 is 14.2 Å². The zero-order valence-corrected chi connectivity index (χ0v) is 19.2. The maximum absolute atomic E-state index is 13.5. The highest BCUT2D eigenvalue weighted by molar-refractivity contribution is 7.07. The number of benzene rings is 2. The number of methoxy groups -OCH3 is 3. The van der Waals surface area contributed by atoms with Crippen LogP contribution in [0.1, 0.15) is 24.1 Å². The number of esters is 1. The summed E-state index contributed by atoms with van der Waals surface area (Å²) in [5.74, 6) is 0.0388. The lowest BCUT2D eigenvalue weighted by Crippen LogP contribution is -2.39. The number of aromatic nitrogens is 1. The summed E-state index contributed by atoms with van der Waals surface area (Å²) < 4.78 is 30.9. The third kappa shape index (κ3) is 4.07. The number of thiazole rings is 1. The molecule has 0 fully saturated rings. The molecule has 1 aliphatic heterocycles. The fourth-order valence-corrected chi connectivity index (χ4v) is 4.79. The van der Waals surface area contributed by atoms with E-state index in [1.807, 2.05) is 0 Å². The lowest BCUT2D eigenvalue weighted by atomic mass is 9.95. The average Bonchev–Trinajstić information content (AvgIpc) is 3.13. The second-order valence-electron chi connectivity index (χ2n) is 7.24. The molecule has 1 aliphatic rings. The summed E-state index contributed by atoms with van der Waals surface area (Å²) in [5.41, 5.74) is 1.70. The first-order chi connectivity index (χ1) is 15.9. The van der Waals surface area contributed by atoms with E-state index >= 15 is 0 Å². The van der Waals surface area contributed by atoms with E-state index in [1.54, 1.807) is 43.3 Å². The normalized spacial score (nSPS) is 15.7. The summed E-state index contributed by atoms with van der Waals surface area (Å²) in [6, 6.07) is 10.3. The van der Waals surface area contributed by atoms with Gasteiger partial charge in [0.1, 0.15) is 5.82 Å². The molecule has 0 N–H and O–H groups in total. The molecule has 3 aromatic rings. The highest BCUT2D eigenvalue weighted by Gasteiger charge is 2.33. The van der Waals surface area contributed by atoms with E-state index in [0.717, 1.165) is 0 Å². The summed E-state index contributed by atoms with van der Waals surface area (Å²) in [7, 11) is 4.33. The van der Waals surface area contributed by atoms with Crippen molar-refractivity contribution in [1.82, 2.24) is 4.57 Å². The summed E-state index contributed by atoms with van der Waals surface area (Å²) in [6.45, 7) is 1.71. The highest BCUT2D eigenvalue weighted by atomic mass is 32.1. The van der Waals surface area contributed by atoms with Crippen LogP contribution < -0.4 is 24.4 Å². The Hall–Kier alpha value is -3.72. The third-order valence-electron chi connectivity index (χ3n) is 5.32. The van der Waals surface area contributed by atoms with Gasteiger partial charge in [0, 0.05) is 0 Å². The molecule has 2 aromatic carbocycles. The molecule has 1 aromatic heterocycles. The van der Waals surface area contributed by atoms with Crippen molar-refractivity contribution in [1.29, 1.82) is 0 Å². The molecule has 4 rings (SSSR count). The minimum Gasteiger partial charge on any atom is -0.493 e. The highest BCUT2D eigenvalue weighted by Crippen LogP contribution is 2.35. The predicted octanol–water partition coefficient (Wildman–Crippen LogP) is 2.56. The zero-order chi connectivity index (χ0) is 23.7. The van der Waals surface area contributed by atoms with Crippen LogP contribution in [-0.4, -0.2) is 31.9 Å². The summed E-state index contributed by atoms with van der Waals surface area (Å²) >= 11 is 1.19. The standard InChI is InChI=1S/C24H21FN2O5S/c1-13-20(23(29)32-4)21(15-7-10-17(30-2)18(12-15)31-3)27-22(28)19(33-24(27)26-13)11-14-5-8-16(25)9-6-14/h5-12,21H,1-4H3. The van der Waals surface area contributed by atoms with E-state index < -0.39 is 12.0 Å². The molecular weight excluding hydrogens is 447 g/mol. The molecule has 170 valence electrons. The molecule has 9 heteroatoms. The van der Waals surface area contributed by atoms with Gasteiger partial charge in [0.2, 0.25) is 0 Å². The van der Waals surface area contributed by atoms with E-state index in [9.17, 15) is 14.0 Å². The Morgan fingerprint density at radius 2 is 1.79 bits per heavy atom. The number of rotatable bonds is 5. The van der Waals surface area contributed by atoms with Gasteiger partial charge in [-0.05, 0) is 48.4 Å². The van der Waals surface area contributed by atoms with Gasteiger partial charge in [-0.2, -0.15) is 0 Å². The molecule has 1 atom stereocenters. The molecule has 0 saturated carbocycles. The van der Waals surface area contributed by atoms with Crippen molar-refractivity contribution >= 4 is 23.4 Å². The first-order valence-electron chi connectivity index (χ1n) is 9.96. The maximum atomic E-state index is 13.5. The molecule has 1 unspecified atom stereocenters. The van der Waals surface area contributed by atoms with Crippen molar-refractivity contribution in [2.75, 3.05) is 21.3 Å². The number of allylic oxidation sites excluding steroid dienone is 1. The molecule has 0 spiro atoms. The Kier molecular flexibility index (Phi) is 6.15. The predicted molar refractivity (Wildman–Crippen MR) is 122 cm³/mol. The van der Waals surface area contributed by atoms with Gasteiger partial charge in [-0.3, -0.25) is 9.36 Å². The van der Waals surface area contributed by atoms with Gasteiger partial charge in [-0.25, -0.2) is 14.2 Å². The largest absolute Gasteiger partial charge is 0.493 e. The van der Waals surface area contributed by atoms with Gasteiger partial charge in [-0.15, -0.1) is 0 Å². The Morgan fingerprint density at radius 1 is 1.09 bits per heavy atom. The topological polar surface area (TPSA) is 79.1 Å². The number of hydrogen-bond donors (Lipinski definition) is 0. The van der Waals surface area contributed by atoms with E-state index in [4.69, 9.17) is 14.2 Å². The van der Waals surface area contributed by atoms with Crippen LogP contribution in [0.2, 0.25) is 0 Å². The Balaban J connectivity index is 1.97. The molecule has 0 amide bonds. The minimum atomic E-state index is -0.774. The zero-order valence-electron chi connectivity index (χ0n) is 18.4. The molecule has 0 aliphatic carbocycles. The van der Waals surface area contributed by atoms with Crippen LogP contribution in [0.15, 0.2) is 63.5 Å². The van der Waals surface area contributed by atoms with Crippen LogP contribution in [0, 0.1) is 5.82 Å². The smallest absolute Gasteiger partial charge is 0.338 e. The molecule has 2 heterocycles. The Labute approximate surface area is 192 Å². The summed E-state index contributed by atoms with van der Waals surface area (Å²) in [4.78, 5) is 31.2. The fraction of sp³-hybridized carbons (Fsp3) is 0.208. The molecular formula is C24H21FN2O5S. The van der Waals surface area contributed by atoms with Crippen LogP contribution >= 0.6 is 11.3 Å². The van der Waals surface area contributed by atoms with E-state index in [-0.39, 0.29) is 16.9 Å². The first-order valence-corrected chi connectivity index (χ1v) is 10.8. The van der Waals surface area contributed by atoms with Crippen LogP contribution in [0.4, 0.5) is 4.39 Å². The Bertz CT molecular complexity index is 1440. The second kappa shape index (κ2) is 9.03. The van der Waals surface area contributed by atoms with E-state index in [1.165, 1.54) is 49.4 Å². The van der Waals surface area contributed by atoms with Crippen molar-refractivity contribution in [2.45, 2.75) is 13.0 Å². The number of nitrogens with zero attached hydrogens (tertiary/aromatic N) is 2. The molecule has 0 bridgehead atoms. The molecule has 7 nitrogen and oxygen atoms in total. The monoisotopic (exact) mass is 468 g/mol. The van der Waals surface area contributed by atoms with Gasteiger partial charge in [0.05, 0.1) is 43.2 Å². The van der Waals surface area contributed by atoms with Crippen molar-refractivity contribution < 1.29 is 23.4 Å².